The predicted molar refractivity (Wildman–Crippen MR) is 179 cm³/mol. The Balaban J connectivity index is 3.64. The maximum absolute atomic E-state index is 11.9. The second kappa shape index (κ2) is 31.3. The van der Waals surface area contributed by atoms with Crippen LogP contribution in [0, 0.1) is 5.92 Å². The molecule has 0 amide bonds. The first kappa shape index (κ1) is 40.8. The minimum Gasteiger partial charge on any atom is -0.463 e. The van der Waals surface area contributed by atoms with E-state index in [2.05, 4.69) is 51.2 Å². The zero-order valence-corrected chi connectivity index (χ0v) is 27.7. The maximum Gasteiger partial charge on any atom is 0.305 e. The van der Waals surface area contributed by atoms with E-state index >= 15 is 0 Å². The number of hydrogen-bond donors (Lipinski definition) is 2. The Bertz CT molecular complexity index is 767. The molecule has 43 heavy (non-hydrogen) atoms. The molecule has 0 radical (unpaired) electrons. The maximum atomic E-state index is 11.9. The second-order valence-corrected chi connectivity index (χ2v) is 12.0. The van der Waals surface area contributed by atoms with Crippen molar-refractivity contribution in [3.63, 3.8) is 0 Å². The summed E-state index contributed by atoms with van der Waals surface area (Å²) in [4.78, 5) is 23.8. The first-order valence-corrected chi connectivity index (χ1v) is 17.2. The van der Waals surface area contributed by atoms with Gasteiger partial charge in [0.05, 0.1) is 6.10 Å². The molecule has 0 aliphatic carbocycles. The quantitative estimate of drug-likeness (QED) is 0.0383. The lowest BCUT2D eigenvalue weighted by molar-refractivity contribution is -0.152. The van der Waals surface area contributed by atoms with Crippen molar-refractivity contribution in [2.45, 2.75) is 155 Å². The Kier molecular flexibility index (Phi) is 29.7. The van der Waals surface area contributed by atoms with Crippen LogP contribution in [0.5, 0.6) is 0 Å². The Morgan fingerprint density at radius 2 is 1.16 bits per heavy atom. The van der Waals surface area contributed by atoms with Crippen LogP contribution >= 0.6 is 0 Å². The summed E-state index contributed by atoms with van der Waals surface area (Å²) in [5.41, 5.74) is 0. The molecule has 0 aliphatic rings. The molecule has 0 saturated heterocycles. The molecule has 0 aliphatic heterocycles. The normalized spacial score (nSPS) is 13.6. The van der Waals surface area contributed by atoms with Crippen molar-refractivity contribution in [1.82, 2.24) is 0 Å². The number of ether oxygens (including phenoxy) is 2. The lowest BCUT2D eigenvalue weighted by atomic mass is 10.0. The predicted octanol–water partition coefficient (Wildman–Crippen LogP) is 9.11. The minimum absolute atomic E-state index is 0.145. The fourth-order valence-corrected chi connectivity index (χ4v) is 4.43. The van der Waals surface area contributed by atoms with Crippen molar-refractivity contribution in [2.75, 3.05) is 13.2 Å². The van der Waals surface area contributed by atoms with E-state index in [1.165, 1.54) is 44.9 Å². The number of carbonyl (C=O) groups excluding carboxylic acids is 2. The molecule has 0 heterocycles. The fraction of sp³-hybridized carbons (Fsp3) is 0.730. The number of allylic oxidation sites excluding steroid dienone is 7. The number of hydrogen-bond acceptors (Lipinski definition) is 6. The van der Waals surface area contributed by atoms with Gasteiger partial charge in [-0.3, -0.25) is 9.59 Å². The average Bonchev–Trinajstić information content (AvgIpc) is 2.98. The number of esters is 2. The highest BCUT2D eigenvalue weighted by atomic mass is 16.6. The van der Waals surface area contributed by atoms with Gasteiger partial charge in [0.25, 0.3) is 0 Å². The standard InChI is InChI=1S/C37H64O6/c1-4-5-21-27-34(38)28-23-18-14-9-7-6-8-10-15-19-24-29-36(40)42-31-35(39)32-43-37(41)30-25-20-16-12-11-13-17-22-26-33(2)3/h6-7,10,14-15,18,23,28,33-35,38-39H,4-5,8-9,11-13,16-17,19-22,24-27,29-32H2,1-3H3/b7-6-,15-10-,18-14-,28-23+/t34-,35-/m1/s1. The summed E-state index contributed by atoms with van der Waals surface area (Å²) >= 11 is 0. The monoisotopic (exact) mass is 604 g/mol. The molecular formula is C37H64O6. The van der Waals surface area contributed by atoms with Gasteiger partial charge in [0, 0.05) is 12.8 Å². The number of unbranched alkanes of at least 4 members (excludes halogenated alkanes) is 10. The van der Waals surface area contributed by atoms with Gasteiger partial charge in [-0.25, -0.2) is 0 Å². The largest absolute Gasteiger partial charge is 0.463 e. The molecule has 0 aromatic carbocycles. The fourth-order valence-electron chi connectivity index (χ4n) is 4.43. The van der Waals surface area contributed by atoms with Crippen LogP contribution in [0.1, 0.15) is 143 Å². The first-order chi connectivity index (χ1) is 20.8. The van der Waals surface area contributed by atoms with Crippen LogP contribution in [0.2, 0.25) is 0 Å². The van der Waals surface area contributed by atoms with Crippen molar-refractivity contribution in [3.8, 4) is 0 Å². The van der Waals surface area contributed by atoms with Gasteiger partial charge < -0.3 is 19.7 Å². The number of carbonyl (C=O) groups is 2. The van der Waals surface area contributed by atoms with E-state index in [0.29, 0.717) is 12.8 Å². The lowest BCUT2D eigenvalue weighted by Gasteiger charge is -2.12. The van der Waals surface area contributed by atoms with Gasteiger partial charge in [-0.2, -0.15) is 0 Å². The summed E-state index contributed by atoms with van der Waals surface area (Å²) in [5, 5.41) is 19.8. The molecule has 0 rings (SSSR count). The molecule has 6 nitrogen and oxygen atoms in total. The summed E-state index contributed by atoms with van der Waals surface area (Å²) in [5.74, 6) is 0.139. The molecular weight excluding hydrogens is 540 g/mol. The third-order valence-electron chi connectivity index (χ3n) is 7.10. The molecule has 6 heteroatoms. The van der Waals surface area contributed by atoms with Gasteiger partial charge in [-0.05, 0) is 44.4 Å². The average molecular weight is 605 g/mol. The van der Waals surface area contributed by atoms with E-state index in [4.69, 9.17) is 9.47 Å². The van der Waals surface area contributed by atoms with E-state index in [9.17, 15) is 19.8 Å². The van der Waals surface area contributed by atoms with Crippen LogP contribution in [0.3, 0.4) is 0 Å². The number of aliphatic hydroxyl groups excluding tert-OH is 2. The van der Waals surface area contributed by atoms with Gasteiger partial charge in [-0.15, -0.1) is 0 Å². The molecule has 0 unspecified atom stereocenters. The molecule has 2 N–H and O–H groups in total. The smallest absolute Gasteiger partial charge is 0.305 e. The minimum atomic E-state index is -0.997. The summed E-state index contributed by atoms with van der Waals surface area (Å²) in [6.07, 6.45) is 33.5. The van der Waals surface area contributed by atoms with Crippen molar-refractivity contribution in [3.05, 3.63) is 48.6 Å². The SMILES string of the molecule is CCCCC[C@@H](O)/C=C/C=C\C/C=C\C/C=C\CCCC(=O)OC[C@@H](O)COC(=O)CCCCCCCCCCC(C)C. The molecule has 0 aromatic rings. The van der Waals surface area contributed by atoms with Crippen LogP contribution in [0.4, 0.5) is 0 Å². The van der Waals surface area contributed by atoms with Gasteiger partial charge in [-0.1, -0.05) is 140 Å². The highest BCUT2D eigenvalue weighted by molar-refractivity contribution is 5.69. The lowest BCUT2D eigenvalue weighted by Crippen LogP contribution is -2.25. The Hall–Kier alpha value is -2.18. The van der Waals surface area contributed by atoms with Crippen molar-refractivity contribution in [2.24, 2.45) is 5.92 Å². The van der Waals surface area contributed by atoms with E-state index in [1.54, 1.807) is 0 Å². The summed E-state index contributed by atoms with van der Waals surface area (Å²) in [6.45, 7) is 6.40. The van der Waals surface area contributed by atoms with E-state index in [1.807, 2.05) is 18.2 Å². The summed E-state index contributed by atoms with van der Waals surface area (Å²) in [6, 6.07) is 0. The van der Waals surface area contributed by atoms with Gasteiger partial charge in [0.1, 0.15) is 19.3 Å². The van der Waals surface area contributed by atoms with E-state index in [-0.39, 0.29) is 37.7 Å². The molecule has 0 aromatic heterocycles. The summed E-state index contributed by atoms with van der Waals surface area (Å²) < 4.78 is 10.2. The molecule has 0 bridgehead atoms. The van der Waals surface area contributed by atoms with Crippen LogP contribution < -0.4 is 0 Å². The zero-order valence-electron chi connectivity index (χ0n) is 27.7. The number of aliphatic hydroxyl groups is 2. The van der Waals surface area contributed by atoms with Crippen LogP contribution in [-0.2, 0) is 19.1 Å². The molecule has 0 spiro atoms. The van der Waals surface area contributed by atoms with Crippen molar-refractivity contribution < 1.29 is 29.3 Å². The highest BCUT2D eigenvalue weighted by Crippen LogP contribution is 2.13. The van der Waals surface area contributed by atoms with Gasteiger partial charge >= 0.3 is 11.9 Å². The number of rotatable bonds is 29. The Morgan fingerprint density at radius 1 is 0.628 bits per heavy atom. The van der Waals surface area contributed by atoms with Crippen LogP contribution in [0.25, 0.3) is 0 Å². The molecule has 0 saturated carbocycles. The third kappa shape index (κ3) is 32.6. The third-order valence-corrected chi connectivity index (χ3v) is 7.10. The second-order valence-electron chi connectivity index (χ2n) is 12.0. The zero-order chi connectivity index (χ0) is 31.8. The Morgan fingerprint density at radius 3 is 1.79 bits per heavy atom. The van der Waals surface area contributed by atoms with Crippen molar-refractivity contribution >= 4 is 11.9 Å². The van der Waals surface area contributed by atoms with Crippen LogP contribution in [-0.4, -0.2) is 47.6 Å². The topological polar surface area (TPSA) is 93.1 Å². The van der Waals surface area contributed by atoms with Gasteiger partial charge in [0.2, 0.25) is 0 Å². The Labute approximate surface area is 263 Å². The molecule has 2 atom stereocenters. The van der Waals surface area contributed by atoms with E-state index in [0.717, 1.165) is 63.7 Å². The molecule has 248 valence electrons. The van der Waals surface area contributed by atoms with E-state index < -0.39 is 6.10 Å². The molecule has 0 fully saturated rings. The highest BCUT2D eigenvalue weighted by Gasteiger charge is 2.12. The van der Waals surface area contributed by atoms with Gasteiger partial charge in [0.15, 0.2) is 0 Å². The van der Waals surface area contributed by atoms with Crippen LogP contribution in [0.15, 0.2) is 48.6 Å². The van der Waals surface area contributed by atoms with Crippen molar-refractivity contribution in [1.29, 1.82) is 0 Å². The first-order valence-electron chi connectivity index (χ1n) is 17.2. The summed E-state index contributed by atoms with van der Waals surface area (Å²) in [7, 11) is 0.